The molecular weight excluding hydrogens is 460 g/mol. The average molecular weight is 498 g/mol. The molecule has 2 heteroatoms. The number of fused-ring (bicyclic) bond motifs is 3. The lowest BCUT2D eigenvalue weighted by Crippen LogP contribution is -2.28. The molecule has 0 N–H and O–H groups in total. The molecule has 4 aromatic carbocycles. The van der Waals surface area contributed by atoms with Gasteiger partial charge in [-0.25, -0.2) is 9.57 Å². The second-order valence-corrected chi connectivity index (χ2v) is 10.4. The highest BCUT2D eigenvalue weighted by Gasteiger charge is 2.46. The van der Waals surface area contributed by atoms with E-state index in [2.05, 4.69) is 122 Å². The molecule has 0 amide bonds. The summed E-state index contributed by atoms with van der Waals surface area (Å²) >= 11 is 0. The molecule has 0 bridgehead atoms. The topological polar surface area (TPSA) is 15.4 Å². The minimum absolute atomic E-state index is 0.374. The van der Waals surface area contributed by atoms with Crippen molar-refractivity contribution >= 4 is 12.6 Å². The van der Waals surface area contributed by atoms with Crippen molar-refractivity contribution in [3.05, 3.63) is 137 Å². The van der Waals surface area contributed by atoms with Gasteiger partial charge in [0.25, 0.3) is 0 Å². The number of aryl methyl sites for hydroxylation is 1. The lowest BCUT2D eigenvalue weighted by Gasteiger charge is -2.34. The van der Waals surface area contributed by atoms with Crippen LogP contribution in [0, 0.1) is 0 Å². The largest absolute Gasteiger partial charge is 0.245 e. The van der Waals surface area contributed by atoms with Gasteiger partial charge in [-0.2, -0.15) is 0 Å². The summed E-state index contributed by atoms with van der Waals surface area (Å²) in [4.78, 5) is 4.24. The van der Waals surface area contributed by atoms with Crippen LogP contribution >= 0.6 is 0 Å². The van der Waals surface area contributed by atoms with Crippen LogP contribution in [0.25, 0.3) is 11.1 Å². The van der Waals surface area contributed by atoms with Crippen molar-refractivity contribution in [1.82, 2.24) is 0 Å². The highest BCUT2D eigenvalue weighted by molar-refractivity contribution is 5.87. The van der Waals surface area contributed by atoms with Crippen LogP contribution in [0.3, 0.4) is 0 Å². The predicted octanol–water partition coefficient (Wildman–Crippen LogP) is 7.29. The summed E-state index contributed by atoms with van der Waals surface area (Å²) in [6.45, 7) is 11.6. The third-order valence-electron chi connectivity index (χ3n) is 7.78. The van der Waals surface area contributed by atoms with E-state index in [1.807, 2.05) is 11.6 Å². The first-order chi connectivity index (χ1) is 18.6. The number of nitrogens with zero attached hydrogens (tertiary/aromatic N) is 2. The van der Waals surface area contributed by atoms with Gasteiger partial charge < -0.3 is 0 Å². The van der Waals surface area contributed by atoms with Crippen molar-refractivity contribution < 1.29 is 4.58 Å². The SMILES string of the molecule is C=C=NCCc1ccc2c(c1)-c1cc(CCC)ccc1C2(c1ccccc1)c1cccc(CC[N+](=C)C)c1. The molecule has 0 radical (unpaired) electrons. The molecule has 1 aliphatic carbocycles. The molecule has 0 saturated heterocycles. The maximum Gasteiger partial charge on any atom is 0.146 e. The molecule has 0 saturated carbocycles. The van der Waals surface area contributed by atoms with Crippen molar-refractivity contribution in [3.8, 4) is 11.1 Å². The molecule has 1 unspecified atom stereocenters. The first-order valence-electron chi connectivity index (χ1n) is 13.7. The van der Waals surface area contributed by atoms with Crippen molar-refractivity contribution in [3.63, 3.8) is 0 Å². The molecule has 0 fully saturated rings. The number of hydrogen-bond acceptors (Lipinski definition) is 1. The van der Waals surface area contributed by atoms with Gasteiger partial charge in [-0.1, -0.05) is 104 Å². The van der Waals surface area contributed by atoms with Crippen molar-refractivity contribution in [2.24, 2.45) is 4.99 Å². The van der Waals surface area contributed by atoms with Crippen LogP contribution < -0.4 is 0 Å². The standard InChI is InChI=1S/C36H37N2/c1-5-11-27-16-18-34-32(25-27)33-26-29(20-22-37-6-2)17-19-35(33)36(34,30-13-8-7-9-14-30)31-15-10-12-28(24-31)21-23-38(3)4/h7-10,12-19,24-26H,2-3,5,11,20-23H2,1,4H3/q+1. The normalized spacial score (nSPS) is 15.4. The molecule has 4 aromatic rings. The summed E-state index contributed by atoms with van der Waals surface area (Å²) in [5.41, 5.74) is 11.7. The van der Waals surface area contributed by atoms with E-state index < -0.39 is 0 Å². The van der Waals surface area contributed by atoms with E-state index >= 15 is 0 Å². The highest BCUT2D eigenvalue weighted by atomic mass is 14.9. The Bertz CT molecular complexity index is 1510. The minimum Gasteiger partial charge on any atom is -0.245 e. The van der Waals surface area contributed by atoms with Crippen LogP contribution in [0.1, 0.15) is 52.3 Å². The quantitative estimate of drug-likeness (QED) is 0.142. The van der Waals surface area contributed by atoms with Gasteiger partial charge in [-0.15, -0.1) is 0 Å². The minimum atomic E-state index is -0.374. The van der Waals surface area contributed by atoms with E-state index in [4.69, 9.17) is 0 Å². The molecule has 190 valence electrons. The van der Waals surface area contributed by atoms with E-state index in [0.29, 0.717) is 6.54 Å². The number of hydrogen-bond donors (Lipinski definition) is 0. The van der Waals surface area contributed by atoms with Gasteiger partial charge >= 0.3 is 0 Å². The van der Waals surface area contributed by atoms with E-state index in [1.54, 1.807) is 0 Å². The van der Waals surface area contributed by atoms with Crippen LogP contribution in [0.5, 0.6) is 0 Å². The molecule has 1 atom stereocenters. The second-order valence-electron chi connectivity index (χ2n) is 10.4. The van der Waals surface area contributed by atoms with Gasteiger partial charge in [0.05, 0.1) is 12.0 Å². The summed E-state index contributed by atoms with van der Waals surface area (Å²) in [6, 6.07) is 34.5. The lowest BCUT2D eigenvalue weighted by molar-refractivity contribution is -0.487. The van der Waals surface area contributed by atoms with Crippen molar-refractivity contribution in [2.45, 2.75) is 38.0 Å². The molecule has 5 rings (SSSR count). The van der Waals surface area contributed by atoms with Gasteiger partial charge in [0.1, 0.15) is 20.3 Å². The fourth-order valence-corrected chi connectivity index (χ4v) is 6.05. The molecule has 38 heavy (non-hydrogen) atoms. The molecule has 1 aliphatic rings. The Labute approximate surface area is 227 Å². The Balaban J connectivity index is 1.78. The zero-order valence-electron chi connectivity index (χ0n) is 22.7. The van der Waals surface area contributed by atoms with Gasteiger partial charge in [0.15, 0.2) is 0 Å². The average Bonchev–Trinajstić information content (AvgIpc) is 3.23. The molecule has 0 aliphatic heterocycles. The van der Waals surface area contributed by atoms with Crippen molar-refractivity contribution in [2.75, 3.05) is 20.1 Å². The number of aliphatic imine (C=N–C) groups is 1. The maximum atomic E-state index is 4.24. The number of likely N-dealkylation sites (N-methyl/N-ethyl adjacent to an activating group) is 1. The first kappa shape index (κ1) is 25.6. The third-order valence-corrected chi connectivity index (χ3v) is 7.78. The molecule has 0 aromatic heterocycles. The second kappa shape index (κ2) is 11.2. The summed E-state index contributed by atoms with van der Waals surface area (Å²) in [5, 5.41) is 0. The summed E-state index contributed by atoms with van der Waals surface area (Å²) in [7, 11) is 2.03. The van der Waals surface area contributed by atoms with Crippen LogP contribution in [-0.2, 0) is 24.7 Å². The van der Waals surface area contributed by atoms with E-state index in [0.717, 1.165) is 32.2 Å². The van der Waals surface area contributed by atoms with Gasteiger partial charge in [-0.3, -0.25) is 0 Å². The van der Waals surface area contributed by atoms with Gasteiger partial charge in [0.2, 0.25) is 0 Å². The monoisotopic (exact) mass is 497 g/mol. The van der Waals surface area contributed by atoms with Crippen molar-refractivity contribution in [1.29, 1.82) is 0 Å². The fourth-order valence-electron chi connectivity index (χ4n) is 6.05. The summed E-state index contributed by atoms with van der Waals surface area (Å²) in [5.74, 6) is 2.67. The van der Waals surface area contributed by atoms with Gasteiger partial charge in [-0.05, 0) is 75.4 Å². The first-order valence-corrected chi connectivity index (χ1v) is 13.7. The van der Waals surface area contributed by atoms with E-state index in [-0.39, 0.29) is 5.41 Å². The van der Waals surface area contributed by atoms with E-state index in [1.165, 1.54) is 50.1 Å². The highest BCUT2D eigenvalue weighted by Crippen LogP contribution is 2.56. The molecule has 0 heterocycles. The number of benzene rings is 4. The Morgan fingerprint density at radius 1 is 0.737 bits per heavy atom. The zero-order chi connectivity index (χ0) is 26.5. The fraction of sp³-hybridized carbons (Fsp3) is 0.250. The Hall–Kier alpha value is -4.00. The Morgan fingerprint density at radius 3 is 2.00 bits per heavy atom. The van der Waals surface area contributed by atoms with Crippen LogP contribution in [0.15, 0.2) is 103 Å². The maximum absolute atomic E-state index is 4.24. The summed E-state index contributed by atoms with van der Waals surface area (Å²) < 4.78 is 2.01. The molecular formula is C36H37N2+. The van der Waals surface area contributed by atoms with E-state index in [9.17, 15) is 0 Å². The van der Waals surface area contributed by atoms with Crippen LogP contribution in [0.4, 0.5) is 0 Å². The Morgan fingerprint density at radius 2 is 1.37 bits per heavy atom. The molecule has 2 nitrogen and oxygen atoms in total. The summed E-state index contributed by atoms with van der Waals surface area (Å²) in [6.07, 6.45) is 4.07. The number of rotatable bonds is 10. The third kappa shape index (κ3) is 4.69. The smallest absolute Gasteiger partial charge is 0.146 e. The molecule has 0 spiro atoms. The lowest BCUT2D eigenvalue weighted by atomic mass is 9.67. The Kier molecular flexibility index (Phi) is 7.54. The zero-order valence-corrected chi connectivity index (χ0v) is 22.7. The predicted molar refractivity (Wildman–Crippen MR) is 161 cm³/mol. The van der Waals surface area contributed by atoms with Crippen LogP contribution in [0.2, 0.25) is 0 Å². The van der Waals surface area contributed by atoms with Crippen LogP contribution in [-0.4, -0.2) is 37.3 Å². The van der Waals surface area contributed by atoms with Gasteiger partial charge in [0, 0.05) is 6.42 Å².